The van der Waals surface area contributed by atoms with Crippen molar-refractivity contribution >= 4 is 6.29 Å². The minimum Gasteiger partial charge on any atom is -0.496 e. The Morgan fingerprint density at radius 2 is 2.00 bits per heavy atom. The van der Waals surface area contributed by atoms with E-state index in [1.165, 1.54) is 0 Å². The lowest BCUT2D eigenvalue weighted by Crippen LogP contribution is -2.14. The zero-order valence-corrected chi connectivity index (χ0v) is 16.3. The first-order valence-electron chi connectivity index (χ1n) is 9.11. The average molecular weight is 380 g/mol. The molecule has 146 valence electrons. The molecule has 1 unspecified atom stereocenters. The van der Waals surface area contributed by atoms with Gasteiger partial charge >= 0.3 is 0 Å². The van der Waals surface area contributed by atoms with E-state index in [1.54, 1.807) is 18.0 Å². The van der Waals surface area contributed by atoms with Gasteiger partial charge in [0, 0.05) is 43.0 Å². The summed E-state index contributed by atoms with van der Waals surface area (Å²) in [7, 11) is 3.45. The summed E-state index contributed by atoms with van der Waals surface area (Å²) in [5.41, 5.74) is 4.88. The number of hydrogen-bond acceptors (Lipinski definition) is 5. The summed E-state index contributed by atoms with van der Waals surface area (Å²) in [4.78, 5) is 11.8. The molecule has 3 aromatic rings. The number of aldehydes is 1. The first-order valence-corrected chi connectivity index (χ1v) is 9.11. The van der Waals surface area contributed by atoms with Crippen molar-refractivity contribution in [2.24, 2.45) is 7.05 Å². The van der Waals surface area contributed by atoms with Crippen LogP contribution in [0.4, 0.5) is 0 Å². The van der Waals surface area contributed by atoms with E-state index in [0.29, 0.717) is 24.3 Å². The number of nitrogens with zero attached hydrogens (tertiary/aromatic N) is 2. The van der Waals surface area contributed by atoms with Gasteiger partial charge in [0.15, 0.2) is 12.6 Å². The van der Waals surface area contributed by atoms with E-state index in [1.807, 2.05) is 56.6 Å². The van der Waals surface area contributed by atoms with E-state index in [9.17, 15) is 9.90 Å². The molecule has 0 saturated carbocycles. The fraction of sp³-hybridized carbons (Fsp3) is 0.273. The maximum absolute atomic E-state index is 11.8. The number of methoxy groups -OCH3 is 1. The Balaban J connectivity index is 2.02. The van der Waals surface area contributed by atoms with Gasteiger partial charge in [-0.15, -0.1) is 0 Å². The number of aryl methyl sites for hydroxylation is 1. The molecule has 6 heteroatoms. The second-order valence-electron chi connectivity index (χ2n) is 6.47. The fourth-order valence-corrected chi connectivity index (χ4v) is 3.20. The Morgan fingerprint density at radius 3 is 2.64 bits per heavy atom. The van der Waals surface area contributed by atoms with Crippen molar-refractivity contribution in [1.29, 1.82) is 0 Å². The molecule has 28 heavy (non-hydrogen) atoms. The Labute approximate surface area is 164 Å². The number of aromatic nitrogens is 2. The third-order valence-electron chi connectivity index (χ3n) is 4.54. The summed E-state index contributed by atoms with van der Waals surface area (Å²) in [6.45, 7) is 2.28. The topological polar surface area (TPSA) is 73.6 Å². The fourth-order valence-electron chi connectivity index (χ4n) is 3.20. The predicted octanol–water partition coefficient (Wildman–Crippen LogP) is 3.47. The molecule has 0 fully saturated rings. The van der Waals surface area contributed by atoms with Gasteiger partial charge in [-0.1, -0.05) is 18.2 Å². The second-order valence-corrected chi connectivity index (χ2v) is 6.47. The standard InChI is InChI=1S/C22H24N2O4/c1-4-28-22(26)10-15-5-8-21(27-3)20(9-15)19-7-6-16(11-17(19)14-25)18-12-23-24(2)13-18/h5-9,11-14,22,26H,4,10H2,1-3H3. The van der Waals surface area contributed by atoms with Gasteiger partial charge in [0.2, 0.25) is 0 Å². The van der Waals surface area contributed by atoms with Crippen LogP contribution in [0.1, 0.15) is 22.8 Å². The highest BCUT2D eigenvalue weighted by Gasteiger charge is 2.14. The van der Waals surface area contributed by atoms with E-state index in [2.05, 4.69) is 5.10 Å². The summed E-state index contributed by atoms with van der Waals surface area (Å²) in [5.74, 6) is 0.659. The number of aliphatic hydroxyl groups excluding tert-OH is 1. The smallest absolute Gasteiger partial charge is 0.158 e. The second kappa shape index (κ2) is 8.82. The van der Waals surface area contributed by atoms with Crippen molar-refractivity contribution in [2.45, 2.75) is 19.6 Å². The molecule has 0 aliphatic rings. The minimum atomic E-state index is -0.871. The largest absolute Gasteiger partial charge is 0.496 e. The molecule has 1 aromatic heterocycles. The minimum absolute atomic E-state index is 0.356. The molecular weight excluding hydrogens is 356 g/mol. The monoisotopic (exact) mass is 380 g/mol. The highest BCUT2D eigenvalue weighted by molar-refractivity contribution is 5.91. The quantitative estimate of drug-likeness (QED) is 0.478. The van der Waals surface area contributed by atoms with Gasteiger partial charge in [0.05, 0.1) is 13.3 Å². The van der Waals surface area contributed by atoms with Crippen LogP contribution < -0.4 is 4.74 Å². The molecule has 1 N–H and O–H groups in total. The highest BCUT2D eigenvalue weighted by Crippen LogP contribution is 2.35. The van der Waals surface area contributed by atoms with Crippen molar-refractivity contribution in [3.8, 4) is 28.0 Å². The van der Waals surface area contributed by atoms with Crippen LogP contribution in [0.5, 0.6) is 5.75 Å². The van der Waals surface area contributed by atoms with Crippen molar-refractivity contribution in [1.82, 2.24) is 9.78 Å². The predicted molar refractivity (Wildman–Crippen MR) is 107 cm³/mol. The highest BCUT2D eigenvalue weighted by atomic mass is 16.6. The van der Waals surface area contributed by atoms with E-state index in [0.717, 1.165) is 34.1 Å². The molecule has 0 spiro atoms. The van der Waals surface area contributed by atoms with E-state index in [-0.39, 0.29) is 0 Å². The first kappa shape index (κ1) is 19.8. The van der Waals surface area contributed by atoms with Gasteiger partial charge in [0.25, 0.3) is 0 Å². The van der Waals surface area contributed by atoms with Crippen LogP contribution in [-0.4, -0.2) is 41.2 Å². The molecule has 0 aliphatic heterocycles. The molecule has 1 atom stereocenters. The van der Waals surface area contributed by atoms with Gasteiger partial charge < -0.3 is 14.6 Å². The lowest BCUT2D eigenvalue weighted by Gasteiger charge is -2.15. The Morgan fingerprint density at radius 1 is 1.18 bits per heavy atom. The molecule has 0 radical (unpaired) electrons. The molecule has 0 bridgehead atoms. The van der Waals surface area contributed by atoms with Gasteiger partial charge in [-0.3, -0.25) is 9.48 Å². The third kappa shape index (κ3) is 4.30. The normalized spacial score (nSPS) is 12.0. The SMILES string of the molecule is CCOC(O)Cc1ccc(OC)c(-c2ccc(-c3cnn(C)c3)cc2C=O)c1. The number of hydrogen-bond donors (Lipinski definition) is 1. The molecule has 0 aliphatic carbocycles. The van der Waals surface area contributed by atoms with Crippen LogP contribution >= 0.6 is 0 Å². The lowest BCUT2D eigenvalue weighted by atomic mass is 9.94. The van der Waals surface area contributed by atoms with Crippen LogP contribution in [-0.2, 0) is 18.2 Å². The summed E-state index contributed by atoms with van der Waals surface area (Å²) in [6, 6.07) is 11.4. The molecule has 3 rings (SSSR count). The Kier molecular flexibility index (Phi) is 6.23. The number of carbonyl (C=O) groups is 1. The first-order chi connectivity index (χ1) is 13.5. The number of ether oxygens (including phenoxy) is 2. The van der Waals surface area contributed by atoms with Crippen LogP contribution in [0.3, 0.4) is 0 Å². The van der Waals surface area contributed by atoms with Gasteiger partial charge in [-0.25, -0.2) is 0 Å². The lowest BCUT2D eigenvalue weighted by molar-refractivity contribution is -0.0927. The van der Waals surface area contributed by atoms with Crippen LogP contribution in [0, 0.1) is 0 Å². The molecular formula is C22H24N2O4. The summed E-state index contributed by atoms with van der Waals surface area (Å²) < 4.78 is 12.4. The van der Waals surface area contributed by atoms with E-state index >= 15 is 0 Å². The van der Waals surface area contributed by atoms with Gasteiger partial charge in [-0.05, 0) is 41.8 Å². The van der Waals surface area contributed by atoms with Gasteiger partial charge in [-0.2, -0.15) is 5.10 Å². The van der Waals surface area contributed by atoms with Crippen LogP contribution in [0.25, 0.3) is 22.3 Å². The molecule has 2 aromatic carbocycles. The number of carbonyl (C=O) groups excluding carboxylic acids is 1. The molecule has 0 amide bonds. The van der Waals surface area contributed by atoms with Crippen molar-refractivity contribution in [2.75, 3.05) is 13.7 Å². The Hall–Kier alpha value is -2.96. The number of aliphatic hydroxyl groups is 1. The van der Waals surface area contributed by atoms with Crippen molar-refractivity contribution in [3.63, 3.8) is 0 Å². The summed E-state index contributed by atoms with van der Waals surface area (Å²) >= 11 is 0. The number of rotatable bonds is 8. The van der Waals surface area contributed by atoms with Crippen molar-refractivity contribution in [3.05, 3.63) is 59.9 Å². The molecule has 0 saturated heterocycles. The maximum atomic E-state index is 11.8. The van der Waals surface area contributed by atoms with Crippen LogP contribution in [0.15, 0.2) is 48.8 Å². The third-order valence-corrected chi connectivity index (χ3v) is 4.54. The summed E-state index contributed by atoms with van der Waals surface area (Å²) in [6.07, 6.45) is 4.00. The van der Waals surface area contributed by atoms with Crippen LogP contribution in [0.2, 0.25) is 0 Å². The molecule has 1 heterocycles. The maximum Gasteiger partial charge on any atom is 0.158 e. The van der Waals surface area contributed by atoms with Gasteiger partial charge in [0.1, 0.15) is 5.75 Å². The zero-order valence-electron chi connectivity index (χ0n) is 16.3. The van der Waals surface area contributed by atoms with E-state index < -0.39 is 6.29 Å². The Bertz CT molecular complexity index is 965. The average Bonchev–Trinajstić information content (AvgIpc) is 3.14. The number of benzene rings is 2. The van der Waals surface area contributed by atoms with Crippen molar-refractivity contribution < 1.29 is 19.4 Å². The summed E-state index contributed by atoms with van der Waals surface area (Å²) in [5, 5.41) is 14.1. The zero-order chi connectivity index (χ0) is 20.1. The molecule has 6 nitrogen and oxygen atoms in total. The van der Waals surface area contributed by atoms with E-state index in [4.69, 9.17) is 9.47 Å².